The van der Waals surface area contributed by atoms with Crippen molar-refractivity contribution in [2.45, 2.75) is 59.0 Å². The summed E-state index contributed by atoms with van der Waals surface area (Å²) in [4.78, 5) is 11.9. The summed E-state index contributed by atoms with van der Waals surface area (Å²) in [5.41, 5.74) is 0. The maximum absolute atomic E-state index is 13.2. The second kappa shape index (κ2) is 6.91. The van der Waals surface area contributed by atoms with Gasteiger partial charge in [-0.15, -0.1) is 0 Å². The van der Waals surface area contributed by atoms with Gasteiger partial charge in [-0.1, -0.05) is 26.7 Å². The SMILES string of the molecule is CCC(C(=O)/C=C(\O)C1CCCC(C)C1)C(C)F. The molecule has 0 aromatic carbocycles. The predicted octanol–water partition coefficient (Wildman–Crippen LogP) is 4.21. The number of alkyl halides is 1. The van der Waals surface area contributed by atoms with E-state index in [9.17, 15) is 14.3 Å². The van der Waals surface area contributed by atoms with Gasteiger partial charge >= 0.3 is 0 Å². The topological polar surface area (TPSA) is 37.3 Å². The third-order valence-corrected chi connectivity index (χ3v) is 4.00. The first-order valence-corrected chi connectivity index (χ1v) is 7.04. The van der Waals surface area contributed by atoms with Gasteiger partial charge in [0.05, 0.1) is 11.7 Å². The lowest BCUT2D eigenvalue weighted by Gasteiger charge is -2.26. The fourth-order valence-electron chi connectivity index (χ4n) is 2.83. The average molecular weight is 256 g/mol. The minimum Gasteiger partial charge on any atom is -0.512 e. The van der Waals surface area contributed by atoms with Crippen LogP contribution in [0.4, 0.5) is 4.39 Å². The number of carbonyl (C=O) groups excluding carboxylic acids is 1. The number of allylic oxidation sites excluding steroid dienone is 2. The highest BCUT2D eigenvalue weighted by Crippen LogP contribution is 2.32. The molecule has 1 fully saturated rings. The summed E-state index contributed by atoms with van der Waals surface area (Å²) >= 11 is 0. The third kappa shape index (κ3) is 4.11. The summed E-state index contributed by atoms with van der Waals surface area (Å²) in [6.07, 6.45) is 4.73. The molecule has 0 spiro atoms. The number of halogens is 1. The van der Waals surface area contributed by atoms with E-state index in [4.69, 9.17) is 0 Å². The van der Waals surface area contributed by atoms with Crippen molar-refractivity contribution >= 4 is 5.78 Å². The standard InChI is InChI=1S/C15H25FO2/c1-4-13(11(3)16)15(18)9-14(17)12-7-5-6-10(2)8-12/h9-13,17H,4-8H2,1-3H3/b14-9-. The molecular weight excluding hydrogens is 231 g/mol. The molecule has 1 aliphatic rings. The largest absolute Gasteiger partial charge is 0.512 e. The molecule has 1 N–H and O–H groups in total. The molecule has 3 heteroatoms. The van der Waals surface area contributed by atoms with Crippen molar-refractivity contribution in [1.82, 2.24) is 0 Å². The molecule has 0 heterocycles. The molecule has 0 aromatic rings. The Labute approximate surface area is 109 Å². The highest BCUT2D eigenvalue weighted by atomic mass is 19.1. The van der Waals surface area contributed by atoms with Crippen molar-refractivity contribution < 1.29 is 14.3 Å². The molecule has 0 aromatic heterocycles. The molecule has 104 valence electrons. The van der Waals surface area contributed by atoms with E-state index in [1.165, 1.54) is 19.4 Å². The summed E-state index contributed by atoms with van der Waals surface area (Å²) in [6.45, 7) is 5.37. The molecule has 18 heavy (non-hydrogen) atoms. The fraction of sp³-hybridized carbons (Fsp3) is 0.800. The second-order valence-corrected chi connectivity index (χ2v) is 5.63. The Morgan fingerprint density at radius 2 is 2.17 bits per heavy atom. The molecule has 0 saturated heterocycles. The molecule has 0 amide bonds. The van der Waals surface area contributed by atoms with Gasteiger partial charge in [0.1, 0.15) is 6.17 Å². The number of ketones is 1. The van der Waals surface area contributed by atoms with Crippen molar-refractivity contribution in [2.75, 3.05) is 0 Å². The first-order valence-electron chi connectivity index (χ1n) is 7.04. The molecule has 1 aliphatic carbocycles. The molecular formula is C15H25FO2. The number of carbonyl (C=O) groups is 1. The first-order chi connectivity index (χ1) is 8.45. The Hall–Kier alpha value is -0.860. The number of hydrogen-bond donors (Lipinski definition) is 1. The van der Waals surface area contributed by atoms with E-state index < -0.39 is 12.1 Å². The summed E-state index contributed by atoms with van der Waals surface area (Å²) < 4.78 is 13.2. The Balaban J connectivity index is 2.66. The van der Waals surface area contributed by atoms with Gasteiger partial charge in [-0.05, 0) is 32.1 Å². The van der Waals surface area contributed by atoms with Crippen LogP contribution in [0.3, 0.4) is 0 Å². The van der Waals surface area contributed by atoms with Crippen LogP contribution in [0.25, 0.3) is 0 Å². The van der Waals surface area contributed by atoms with Gasteiger partial charge in [-0.3, -0.25) is 4.79 Å². The molecule has 0 bridgehead atoms. The van der Waals surface area contributed by atoms with Crippen molar-refractivity contribution in [3.63, 3.8) is 0 Å². The van der Waals surface area contributed by atoms with Crippen LogP contribution in [0, 0.1) is 17.8 Å². The van der Waals surface area contributed by atoms with Crippen LogP contribution in [0.2, 0.25) is 0 Å². The summed E-state index contributed by atoms with van der Waals surface area (Å²) in [5.74, 6) is -0.0522. The maximum atomic E-state index is 13.2. The molecule has 0 radical (unpaired) electrons. The lowest BCUT2D eigenvalue weighted by atomic mass is 9.81. The van der Waals surface area contributed by atoms with Crippen molar-refractivity contribution in [2.24, 2.45) is 17.8 Å². The van der Waals surface area contributed by atoms with E-state index >= 15 is 0 Å². The zero-order valence-corrected chi connectivity index (χ0v) is 11.7. The van der Waals surface area contributed by atoms with Crippen LogP contribution in [-0.4, -0.2) is 17.1 Å². The Kier molecular flexibility index (Phi) is 5.83. The monoisotopic (exact) mass is 256 g/mol. The van der Waals surface area contributed by atoms with Gasteiger partial charge in [0, 0.05) is 12.0 Å². The number of hydrogen-bond acceptors (Lipinski definition) is 2. The van der Waals surface area contributed by atoms with Crippen LogP contribution in [0.15, 0.2) is 11.8 Å². The fourth-order valence-corrected chi connectivity index (χ4v) is 2.83. The van der Waals surface area contributed by atoms with E-state index in [-0.39, 0.29) is 17.5 Å². The first kappa shape index (κ1) is 15.2. The average Bonchev–Trinajstić information content (AvgIpc) is 2.29. The van der Waals surface area contributed by atoms with Gasteiger partial charge in [0.2, 0.25) is 0 Å². The highest BCUT2D eigenvalue weighted by molar-refractivity contribution is 5.92. The molecule has 2 nitrogen and oxygen atoms in total. The minimum absolute atomic E-state index is 0.0881. The Bertz CT molecular complexity index is 310. The van der Waals surface area contributed by atoms with Crippen molar-refractivity contribution in [3.05, 3.63) is 11.8 Å². The summed E-state index contributed by atoms with van der Waals surface area (Å²) in [6, 6.07) is 0. The Morgan fingerprint density at radius 3 is 2.67 bits per heavy atom. The lowest BCUT2D eigenvalue weighted by Crippen LogP contribution is -2.22. The van der Waals surface area contributed by atoms with Crippen LogP contribution < -0.4 is 0 Å². The Morgan fingerprint density at radius 1 is 1.50 bits per heavy atom. The van der Waals surface area contributed by atoms with Gasteiger partial charge in [0.25, 0.3) is 0 Å². The van der Waals surface area contributed by atoms with Crippen LogP contribution in [-0.2, 0) is 4.79 Å². The van der Waals surface area contributed by atoms with E-state index in [1.54, 1.807) is 6.92 Å². The molecule has 1 saturated carbocycles. The highest BCUT2D eigenvalue weighted by Gasteiger charge is 2.25. The number of rotatable bonds is 5. The maximum Gasteiger partial charge on any atom is 0.164 e. The second-order valence-electron chi connectivity index (χ2n) is 5.63. The zero-order chi connectivity index (χ0) is 13.7. The van der Waals surface area contributed by atoms with Gasteiger partial charge in [0.15, 0.2) is 5.78 Å². The molecule has 4 unspecified atom stereocenters. The number of aliphatic hydroxyl groups excluding tert-OH is 1. The predicted molar refractivity (Wildman–Crippen MR) is 71.2 cm³/mol. The molecule has 4 atom stereocenters. The molecule has 1 rings (SSSR count). The van der Waals surface area contributed by atoms with E-state index in [2.05, 4.69) is 6.92 Å². The minimum atomic E-state index is -1.16. The lowest BCUT2D eigenvalue weighted by molar-refractivity contribution is -0.120. The van der Waals surface area contributed by atoms with Crippen LogP contribution in [0.5, 0.6) is 0 Å². The summed E-state index contributed by atoms with van der Waals surface area (Å²) in [5, 5.41) is 10.0. The van der Waals surface area contributed by atoms with E-state index in [0.29, 0.717) is 12.3 Å². The third-order valence-electron chi connectivity index (χ3n) is 4.00. The quantitative estimate of drug-likeness (QED) is 0.591. The van der Waals surface area contributed by atoms with Gasteiger partial charge in [-0.2, -0.15) is 0 Å². The van der Waals surface area contributed by atoms with Gasteiger partial charge < -0.3 is 5.11 Å². The van der Waals surface area contributed by atoms with E-state index in [0.717, 1.165) is 19.3 Å². The zero-order valence-electron chi connectivity index (χ0n) is 11.7. The molecule has 0 aliphatic heterocycles. The normalized spacial score (nSPS) is 28.8. The van der Waals surface area contributed by atoms with Crippen molar-refractivity contribution in [3.8, 4) is 0 Å². The summed E-state index contributed by atoms with van der Waals surface area (Å²) in [7, 11) is 0. The smallest absolute Gasteiger partial charge is 0.164 e. The van der Waals surface area contributed by atoms with E-state index in [1.807, 2.05) is 0 Å². The van der Waals surface area contributed by atoms with Crippen LogP contribution in [0.1, 0.15) is 52.9 Å². The van der Waals surface area contributed by atoms with Gasteiger partial charge in [-0.25, -0.2) is 4.39 Å². The van der Waals surface area contributed by atoms with Crippen molar-refractivity contribution in [1.29, 1.82) is 0 Å². The van der Waals surface area contributed by atoms with Crippen LogP contribution >= 0.6 is 0 Å². The number of aliphatic hydroxyl groups is 1.